The molecule has 0 saturated carbocycles. The second-order valence-corrected chi connectivity index (χ2v) is 5.97. The van der Waals surface area contributed by atoms with Crippen LogP contribution in [-0.2, 0) is 0 Å². The minimum Gasteiger partial charge on any atom is -0.490 e. The Morgan fingerprint density at radius 1 is 1.35 bits per heavy atom. The molecule has 23 heavy (non-hydrogen) atoms. The van der Waals surface area contributed by atoms with Gasteiger partial charge < -0.3 is 19.3 Å². The summed E-state index contributed by atoms with van der Waals surface area (Å²) in [6.45, 7) is 4.94. The Balaban J connectivity index is 2.69. The number of carbonyl (C=O) groups is 1. The molecular weight excluding hydrogens is 296 g/mol. The van der Waals surface area contributed by atoms with Gasteiger partial charge in [0, 0.05) is 24.0 Å². The van der Waals surface area contributed by atoms with E-state index in [-0.39, 0.29) is 17.2 Å². The van der Waals surface area contributed by atoms with Gasteiger partial charge in [0.1, 0.15) is 18.1 Å². The van der Waals surface area contributed by atoms with Crippen molar-refractivity contribution < 1.29 is 14.6 Å². The predicted octanol–water partition coefficient (Wildman–Crippen LogP) is 2.22. The van der Waals surface area contributed by atoms with E-state index in [0.29, 0.717) is 23.3 Å². The summed E-state index contributed by atoms with van der Waals surface area (Å²) in [5.74, 6) is -0.598. The van der Waals surface area contributed by atoms with Crippen LogP contribution in [0.5, 0.6) is 5.75 Å². The van der Waals surface area contributed by atoms with Crippen LogP contribution in [0.1, 0.15) is 30.4 Å². The van der Waals surface area contributed by atoms with Crippen LogP contribution in [0.2, 0.25) is 0 Å². The van der Waals surface area contributed by atoms with Gasteiger partial charge in [0.2, 0.25) is 0 Å². The lowest BCUT2D eigenvalue weighted by molar-refractivity contribution is 0.0683. The lowest BCUT2D eigenvalue weighted by atomic mass is 10.1. The Labute approximate surface area is 134 Å². The number of nitrogens with zero attached hydrogens (tertiary/aromatic N) is 2. The number of ether oxygens (including phenoxy) is 1. The van der Waals surface area contributed by atoms with E-state index in [2.05, 4.69) is 0 Å². The van der Waals surface area contributed by atoms with E-state index in [1.807, 2.05) is 32.8 Å². The van der Waals surface area contributed by atoms with Crippen molar-refractivity contribution in [3.05, 3.63) is 40.2 Å². The van der Waals surface area contributed by atoms with Crippen LogP contribution in [0, 0.1) is 0 Å². The largest absolute Gasteiger partial charge is 0.490 e. The fourth-order valence-corrected chi connectivity index (χ4v) is 2.52. The van der Waals surface area contributed by atoms with Crippen molar-refractivity contribution in [3.63, 3.8) is 0 Å². The first-order valence-electron chi connectivity index (χ1n) is 7.52. The maximum absolute atomic E-state index is 12.3. The molecule has 0 saturated heterocycles. The summed E-state index contributed by atoms with van der Waals surface area (Å²) in [4.78, 5) is 25.8. The van der Waals surface area contributed by atoms with Gasteiger partial charge in [0.05, 0.1) is 5.52 Å². The molecule has 0 aliphatic heterocycles. The number of aromatic carboxylic acids is 1. The summed E-state index contributed by atoms with van der Waals surface area (Å²) in [5.41, 5.74) is 0.194. The van der Waals surface area contributed by atoms with Gasteiger partial charge in [0.25, 0.3) is 0 Å². The van der Waals surface area contributed by atoms with Crippen molar-refractivity contribution in [1.29, 1.82) is 0 Å². The first-order valence-corrected chi connectivity index (χ1v) is 7.52. The second kappa shape index (κ2) is 6.83. The van der Waals surface area contributed by atoms with Crippen LogP contribution in [0.25, 0.3) is 10.9 Å². The third-order valence-corrected chi connectivity index (χ3v) is 3.56. The Bertz CT molecular complexity index is 778. The van der Waals surface area contributed by atoms with Crippen LogP contribution in [0.15, 0.2) is 29.1 Å². The van der Waals surface area contributed by atoms with Gasteiger partial charge in [0.15, 0.2) is 5.43 Å². The van der Waals surface area contributed by atoms with E-state index in [4.69, 9.17) is 4.74 Å². The molecule has 1 aromatic carbocycles. The average molecular weight is 318 g/mol. The van der Waals surface area contributed by atoms with E-state index in [9.17, 15) is 14.7 Å². The third kappa shape index (κ3) is 3.53. The first kappa shape index (κ1) is 17.0. The maximum atomic E-state index is 12.3. The highest BCUT2D eigenvalue weighted by molar-refractivity contribution is 5.92. The van der Waals surface area contributed by atoms with Crippen molar-refractivity contribution in [2.24, 2.45) is 0 Å². The van der Waals surface area contributed by atoms with Crippen molar-refractivity contribution >= 4 is 16.9 Å². The topological polar surface area (TPSA) is 71.8 Å². The van der Waals surface area contributed by atoms with E-state index < -0.39 is 5.97 Å². The molecule has 0 bridgehead atoms. The highest BCUT2D eigenvalue weighted by Crippen LogP contribution is 2.27. The van der Waals surface area contributed by atoms with E-state index >= 15 is 0 Å². The number of carboxylic acid groups (broad SMARTS) is 1. The Kier molecular flexibility index (Phi) is 5.05. The SMILES string of the molecule is CC(C)n1c(C(=O)O)cc(=O)c2cccc(OCCN(C)C)c21. The molecule has 0 atom stereocenters. The molecule has 6 heteroatoms. The van der Waals surface area contributed by atoms with E-state index in [0.717, 1.165) is 6.54 Å². The molecule has 1 aromatic heterocycles. The number of likely N-dealkylation sites (N-methyl/N-ethyl adjacent to an activating group) is 1. The Morgan fingerprint density at radius 3 is 2.61 bits per heavy atom. The monoisotopic (exact) mass is 318 g/mol. The maximum Gasteiger partial charge on any atom is 0.352 e. The summed E-state index contributed by atoms with van der Waals surface area (Å²) >= 11 is 0. The molecule has 2 rings (SSSR count). The smallest absolute Gasteiger partial charge is 0.352 e. The van der Waals surface area contributed by atoms with E-state index in [1.54, 1.807) is 22.8 Å². The number of benzene rings is 1. The number of aromatic nitrogens is 1. The molecule has 0 aliphatic rings. The summed E-state index contributed by atoms with van der Waals surface area (Å²) in [6.07, 6.45) is 0. The van der Waals surface area contributed by atoms with Gasteiger partial charge in [-0.1, -0.05) is 6.07 Å². The van der Waals surface area contributed by atoms with Crippen molar-refractivity contribution in [2.45, 2.75) is 19.9 Å². The van der Waals surface area contributed by atoms with Crippen LogP contribution in [0.4, 0.5) is 0 Å². The van der Waals surface area contributed by atoms with Gasteiger partial charge in [-0.05, 0) is 40.1 Å². The quantitative estimate of drug-likeness (QED) is 0.884. The van der Waals surface area contributed by atoms with Gasteiger partial charge in [-0.3, -0.25) is 4.79 Å². The minimum atomic E-state index is -1.12. The molecule has 0 radical (unpaired) electrons. The number of rotatable bonds is 6. The number of para-hydroxylation sites is 1. The minimum absolute atomic E-state index is 0.0267. The van der Waals surface area contributed by atoms with Gasteiger partial charge in [-0.2, -0.15) is 0 Å². The summed E-state index contributed by atoms with van der Waals surface area (Å²) in [7, 11) is 3.89. The molecule has 0 fully saturated rings. The van der Waals surface area contributed by atoms with Crippen LogP contribution < -0.4 is 10.2 Å². The van der Waals surface area contributed by atoms with Gasteiger partial charge in [-0.25, -0.2) is 4.79 Å². The average Bonchev–Trinajstić information content (AvgIpc) is 2.46. The molecule has 2 aromatic rings. The number of fused-ring (bicyclic) bond motifs is 1. The zero-order chi connectivity index (χ0) is 17.1. The lowest BCUT2D eigenvalue weighted by Crippen LogP contribution is -2.22. The van der Waals surface area contributed by atoms with Crippen molar-refractivity contribution in [1.82, 2.24) is 9.47 Å². The molecule has 0 spiro atoms. The number of hydrogen-bond acceptors (Lipinski definition) is 4. The molecule has 124 valence electrons. The van der Waals surface area contributed by atoms with Gasteiger partial charge >= 0.3 is 5.97 Å². The molecule has 1 N–H and O–H groups in total. The summed E-state index contributed by atoms with van der Waals surface area (Å²) in [6, 6.07) is 6.26. The van der Waals surface area contributed by atoms with Crippen LogP contribution >= 0.6 is 0 Å². The predicted molar refractivity (Wildman–Crippen MR) is 89.6 cm³/mol. The molecule has 0 unspecified atom stereocenters. The van der Waals surface area contributed by atoms with Gasteiger partial charge in [-0.15, -0.1) is 0 Å². The highest BCUT2D eigenvalue weighted by atomic mass is 16.5. The fourth-order valence-electron chi connectivity index (χ4n) is 2.52. The molecular formula is C17H22N2O4. The standard InChI is InChI=1S/C17H22N2O4/c1-11(2)19-13(17(21)22)10-14(20)12-6-5-7-15(16(12)19)23-9-8-18(3)4/h5-7,10-11H,8-9H2,1-4H3,(H,21,22). The van der Waals surface area contributed by atoms with Crippen molar-refractivity contribution in [3.8, 4) is 5.75 Å². The van der Waals surface area contributed by atoms with Crippen LogP contribution in [0.3, 0.4) is 0 Å². The molecule has 6 nitrogen and oxygen atoms in total. The molecule has 1 heterocycles. The van der Waals surface area contributed by atoms with Crippen LogP contribution in [-0.4, -0.2) is 47.8 Å². The number of pyridine rings is 1. The first-order chi connectivity index (χ1) is 10.8. The molecule has 0 amide bonds. The zero-order valence-electron chi connectivity index (χ0n) is 13.9. The summed E-state index contributed by atoms with van der Waals surface area (Å²) < 4.78 is 7.46. The third-order valence-electron chi connectivity index (χ3n) is 3.56. The normalized spacial score (nSPS) is 11.4. The second-order valence-electron chi connectivity index (χ2n) is 5.97. The number of hydrogen-bond donors (Lipinski definition) is 1. The van der Waals surface area contributed by atoms with E-state index in [1.165, 1.54) is 6.07 Å². The zero-order valence-corrected chi connectivity index (χ0v) is 13.9. The van der Waals surface area contributed by atoms with Crippen molar-refractivity contribution in [2.75, 3.05) is 27.2 Å². The molecule has 0 aliphatic carbocycles. The number of carboxylic acids is 1. The summed E-state index contributed by atoms with van der Waals surface area (Å²) in [5, 5.41) is 9.89. The highest BCUT2D eigenvalue weighted by Gasteiger charge is 2.19. The Morgan fingerprint density at radius 2 is 2.04 bits per heavy atom. The Hall–Kier alpha value is -2.34. The lowest BCUT2D eigenvalue weighted by Gasteiger charge is -2.21. The fraction of sp³-hybridized carbons (Fsp3) is 0.412.